The van der Waals surface area contributed by atoms with Crippen molar-refractivity contribution in [3.8, 4) is 0 Å². The second-order valence-electron chi connectivity index (χ2n) is 8.52. The Kier molecular flexibility index (Phi) is 7.30. The number of aromatic nitrogens is 3. The lowest BCUT2D eigenvalue weighted by Gasteiger charge is -2.34. The van der Waals surface area contributed by atoms with E-state index in [1.165, 1.54) is 5.56 Å². The van der Waals surface area contributed by atoms with Gasteiger partial charge in [0, 0.05) is 38.9 Å². The number of amides is 1. The zero-order chi connectivity index (χ0) is 23.4. The third kappa shape index (κ3) is 5.54. The van der Waals surface area contributed by atoms with Crippen molar-refractivity contribution < 1.29 is 4.79 Å². The van der Waals surface area contributed by atoms with Crippen molar-refractivity contribution in [2.75, 3.05) is 37.6 Å². The number of halogens is 1. The van der Waals surface area contributed by atoms with E-state index in [0.717, 1.165) is 49.7 Å². The molecule has 7 nitrogen and oxygen atoms in total. The summed E-state index contributed by atoms with van der Waals surface area (Å²) in [6, 6.07) is 12.2. The SMILES string of the molecule is CCN1CCN(c2ccc(CNC(=O)c3c(C)nn(Cc4ccc(C)cc4)c3Cl)cn2)CC1. The van der Waals surface area contributed by atoms with Crippen molar-refractivity contribution >= 4 is 23.3 Å². The van der Waals surface area contributed by atoms with Gasteiger partial charge in [-0.2, -0.15) is 5.10 Å². The second kappa shape index (κ2) is 10.4. The van der Waals surface area contributed by atoms with Crippen molar-refractivity contribution in [1.29, 1.82) is 0 Å². The zero-order valence-corrected chi connectivity index (χ0v) is 20.3. The number of benzene rings is 1. The molecule has 2 aromatic heterocycles. The van der Waals surface area contributed by atoms with E-state index in [4.69, 9.17) is 11.6 Å². The number of carbonyl (C=O) groups is 1. The van der Waals surface area contributed by atoms with Crippen molar-refractivity contribution in [1.82, 2.24) is 25.0 Å². The molecule has 0 aliphatic carbocycles. The monoisotopic (exact) mass is 466 g/mol. The van der Waals surface area contributed by atoms with E-state index >= 15 is 0 Å². The van der Waals surface area contributed by atoms with E-state index in [-0.39, 0.29) is 5.91 Å². The highest BCUT2D eigenvalue weighted by Crippen LogP contribution is 2.21. The number of hydrogen-bond donors (Lipinski definition) is 1. The van der Waals surface area contributed by atoms with Crippen LogP contribution < -0.4 is 10.2 Å². The highest BCUT2D eigenvalue weighted by molar-refractivity contribution is 6.33. The summed E-state index contributed by atoms with van der Waals surface area (Å²) in [5, 5.41) is 7.79. The first-order chi connectivity index (χ1) is 15.9. The average Bonchev–Trinajstić information content (AvgIpc) is 3.12. The Morgan fingerprint density at radius 3 is 2.36 bits per heavy atom. The first-order valence-electron chi connectivity index (χ1n) is 11.4. The number of piperazine rings is 1. The molecule has 1 fully saturated rings. The van der Waals surface area contributed by atoms with Crippen molar-refractivity contribution in [2.24, 2.45) is 0 Å². The highest BCUT2D eigenvalue weighted by atomic mass is 35.5. The zero-order valence-electron chi connectivity index (χ0n) is 19.5. The molecule has 33 heavy (non-hydrogen) atoms. The lowest BCUT2D eigenvalue weighted by Crippen LogP contribution is -2.46. The molecule has 4 rings (SSSR count). The maximum absolute atomic E-state index is 12.9. The summed E-state index contributed by atoms with van der Waals surface area (Å²) in [6.07, 6.45) is 1.83. The molecule has 1 aliphatic rings. The summed E-state index contributed by atoms with van der Waals surface area (Å²) in [5.74, 6) is 0.754. The fraction of sp³-hybridized carbons (Fsp3) is 0.400. The molecule has 1 N–H and O–H groups in total. The van der Waals surface area contributed by atoms with Crippen LogP contribution >= 0.6 is 11.6 Å². The van der Waals surface area contributed by atoms with Gasteiger partial charge in [-0.05, 0) is 37.6 Å². The molecule has 1 aliphatic heterocycles. The number of likely N-dealkylation sites (N-methyl/N-ethyl adjacent to an activating group) is 1. The number of pyridine rings is 1. The average molecular weight is 467 g/mol. The minimum absolute atomic E-state index is 0.229. The van der Waals surface area contributed by atoms with E-state index in [9.17, 15) is 4.79 Å². The molecule has 0 saturated carbocycles. The first kappa shape index (κ1) is 23.3. The number of carbonyl (C=O) groups excluding carboxylic acids is 1. The molecule has 0 atom stereocenters. The minimum atomic E-state index is -0.229. The Hall–Kier alpha value is -2.90. The highest BCUT2D eigenvalue weighted by Gasteiger charge is 2.21. The molecular formula is C25H31ClN6O. The summed E-state index contributed by atoms with van der Waals surface area (Å²) >= 11 is 6.53. The quantitative estimate of drug-likeness (QED) is 0.575. The van der Waals surface area contributed by atoms with Gasteiger partial charge in [-0.3, -0.25) is 4.79 Å². The number of anilines is 1. The summed E-state index contributed by atoms with van der Waals surface area (Å²) < 4.78 is 1.67. The Morgan fingerprint density at radius 1 is 1.03 bits per heavy atom. The van der Waals surface area contributed by atoms with Crippen LogP contribution in [-0.4, -0.2) is 58.3 Å². The van der Waals surface area contributed by atoms with Gasteiger partial charge in [-0.25, -0.2) is 9.67 Å². The van der Waals surface area contributed by atoms with Gasteiger partial charge < -0.3 is 15.1 Å². The van der Waals surface area contributed by atoms with Gasteiger partial charge in [0.25, 0.3) is 5.91 Å². The van der Waals surface area contributed by atoms with E-state index < -0.39 is 0 Å². The number of hydrogen-bond acceptors (Lipinski definition) is 5. The van der Waals surface area contributed by atoms with E-state index in [1.54, 1.807) is 11.6 Å². The van der Waals surface area contributed by atoms with Crippen LogP contribution in [0.4, 0.5) is 5.82 Å². The molecule has 0 spiro atoms. The predicted molar refractivity (Wildman–Crippen MR) is 132 cm³/mol. The van der Waals surface area contributed by atoms with Crippen LogP contribution in [0.2, 0.25) is 5.15 Å². The molecule has 3 heterocycles. The van der Waals surface area contributed by atoms with E-state index in [2.05, 4.69) is 44.3 Å². The minimum Gasteiger partial charge on any atom is -0.354 e. The largest absolute Gasteiger partial charge is 0.354 e. The van der Waals surface area contributed by atoms with Crippen molar-refractivity contribution in [2.45, 2.75) is 33.9 Å². The first-order valence-corrected chi connectivity index (χ1v) is 11.8. The van der Waals surface area contributed by atoms with Crippen molar-refractivity contribution in [3.05, 3.63) is 75.7 Å². The van der Waals surface area contributed by atoms with Gasteiger partial charge in [-0.15, -0.1) is 0 Å². The van der Waals surface area contributed by atoms with Crippen LogP contribution in [0.5, 0.6) is 0 Å². The van der Waals surface area contributed by atoms with Gasteiger partial charge in [0.2, 0.25) is 0 Å². The molecule has 0 radical (unpaired) electrons. The second-order valence-corrected chi connectivity index (χ2v) is 8.88. The fourth-order valence-corrected chi connectivity index (χ4v) is 4.37. The van der Waals surface area contributed by atoms with Crippen LogP contribution in [0.15, 0.2) is 42.6 Å². The molecule has 1 aromatic carbocycles. The van der Waals surface area contributed by atoms with Crippen molar-refractivity contribution in [3.63, 3.8) is 0 Å². The lowest BCUT2D eigenvalue weighted by atomic mass is 10.1. The maximum atomic E-state index is 12.9. The van der Waals surface area contributed by atoms with Crippen LogP contribution in [0.3, 0.4) is 0 Å². The predicted octanol–water partition coefficient (Wildman–Crippen LogP) is 3.67. The third-order valence-electron chi connectivity index (χ3n) is 6.15. The van der Waals surface area contributed by atoms with Crippen LogP contribution in [0.25, 0.3) is 0 Å². The van der Waals surface area contributed by atoms with E-state index in [0.29, 0.717) is 29.5 Å². The van der Waals surface area contributed by atoms with Crippen LogP contribution in [0.1, 0.15) is 39.7 Å². The Bertz CT molecular complexity index is 1090. The lowest BCUT2D eigenvalue weighted by molar-refractivity contribution is 0.0950. The third-order valence-corrected chi connectivity index (χ3v) is 6.54. The summed E-state index contributed by atoms with van der Waals surface area (Å²) in [6.45, 7) is 12.1. The summed E-state index contributed by atoms with van der Waals surface area (Å²) in [5.41, 5.74) is 4.26. The number of nitrogens with one attached hydrogen (secondary N) is 1. The number of rotatable bonds is 7. The molecule has 8 heteroatoms. The molecular weight excluding hydrogens is 436 g/mol. The Labute approximate surface area is 200 Å². The van der Waals surface area contributed by atoms with Gasteiger partial charge in [-0.1, -0.05) is 54.4 Å². The van der Waals surface area contributed by atoms with Crippen LogP contribution in [0, 0.1) is 13.8 Å². The van der Waals surface area contributed by atoms with Gasteiger partial charge >= 0.3 is 0 Å². The fourth-order valence-electron chi connectivity index (χ4n) is 4.05. The van der Waals surface area contributed by atoms with E-state index in [1.807, 2.05) is 37.4 Å². The molecule has 0 bridgehead atoms. The summed E-state index contributed by atoms with van der Waals surface area (Å²) in [7, 11) is 0. The topological polar surface area (TPSA) is 66.3 Å². The van der Waals surface area contributed by atoms with Gasteiger partial charge in [0.05, 0.1) is 17.8 Å². The molecule has 1 saturated heterocycles. The Balaban J connectivity index is 1.36. The molecule has 0 unspecified atom stereocenters. The van der Waals surface area contributed by atoms with Crippen LogP contribution in [-0.2, 0) is 13.1 Å². The molecule has 1 amide bonds. The molecule has 174 valence electrons. The van der Waals surface area contributed by atoms with Gasteiger partial charge in [0.15, 0.2) is 0 Å². The maximum Gasteiger partial charge on any atom is 0.256 e. The van der Waals surface area contributed by atoms with Gasteiger partial charge in [0.1, 0.15) is 11.0 Å². The number of nitrogens with zero attached hydrogens (tertiary/aromatic N) is 5. The summed E-state index contributed by atoms with van der Waals surface area (Å²) in [4.78, 5) is 22.2. The smallest absolute Gasteiger partial charge is 0.256 e. The Morgan fingerprint density at radius 2 is 1.73 bits per heavy atom. The normalized spacial score (nSPS) is 14.5. The number of aryl methyl sites for hydroxylation is 2. The molecule has 3 aromatic rings. The standard InChI is InChI=1S/C25H31ClN6O/c1-4-30-11-13-31(14-12-30)22-10-9-21(15-27-22)16-28-25(33)23-19(3)29-32(24(23)26)17-20-7-5-18(2)6-8-20/h5-10,15H,4,11-14,16-17H2,1-3H3,(H,28,33).